The van der Waals surface area contributed by atoms with Crippen molar-refractivity contribution in [2.75, 3.05) is 5.75 Å². The minimum absolute atomic E-state index is 0.0836. The molecule has 0 aliphatic carbocycles. The van der Waals surface area contributed by atoms with Crippen LogP contribution in [-0.2, 0) is 11.4 Å². The van der Waals surface area contributed by atoms with E-state index in [1.54, 1.807) is 24.3 Å². The number of hydrogen-bond acceptors (Lipinski definition) is 6. The van der Waals surface area contributed by atoms with Crippen LogP contribution in [-0.4, -0.2) is 27.4 Å². The second kappa shape index (κ2) is 7.70. The van der Waals surface area contributed by atoms with Crippen molar-refractivity contribution in [3.63, 3.8) is 0 Å². The number of aromatic nitrogens is 2. The molecule has 124 valence electrons. The number of nitrogens with one attached hydrogen (secondary N) is 1. The Bertz CT molecular complexity index is 653. The van der Waals surface area contributed by atoms with Crippen LogP contribution < -0.4 is 10.1 Å². The van der Waals surface area contributed by atoms with Gasteiger partial charge in [0.2, 0.25) is 5.91 Å². The molecule has 1 aromatic carbocycles. The van der Waals surface area contributed by atoms with Crippen LogP contribution in [0.3, 0.4) is 0 Å². The summed E-state index contributed by atoms with van der Waals surface area (Å²) >= 11 is 6.99. The van der Waals surface area contributed by atoms with E-state index in [2.05, 4.69) is 15.5 Å². The molecule has 0 fully saturated rings. The first-order valence-corrected chi connectivity index (χ1v) is 8.33. The number of halogens is 1. The van der Waals surface area contributed by atoms with Gasteiger partial charge in [0.25, 0.3) is 11.1 Å². The van der Waals surface area contributed by atoms with Crippen molar-refractivity contribution < 1.29 is 13.9 Å². The van der Waals surface area contributed by atoms with Crippen LogP contribution in [0.25, 0.3) is 0 Å². The summed E-state index contributed by atoms with van der Waals surface area (Å²) in [6, 6.07) is 6.98. The molecule has 2 rings (SSSR count). The minimum Gasteiger partial charge on any atom is -0.484 e. The zero-order chi connectivity index (χ0) is 16.9. The van der Waals surface area contributed by atoms with Gasteiger partial charge in [-0.15, -0.1) is 10.2 Å². The first kappa shape index (κ1) is 17.6. The lowest BCUT2D eigenvalue weighted by molar-refractivity contribution is -0.119. The Hall–Kier alpha value is -1.73. The maximum atomic E-state index is 11.7. The van der Waals surface area contributed by atoms with E-state index in [0.29, 0.717) is 21.9 Å². The van der Waals surface area contributed by atoms with Crippen LogP contribution in [0.15, 0.2) is 33.9 Å². The molecule has 0 atom stereocenters. The third kappa shape index (κ3) is 6.50. The summed E-state index contributed by atoms with van der Waals surface area (Å²) < 4.78 is 10.9. The Morgan fingerprint density at radius 1 is 1.30 bits per heavy atom. The lowest BCUT2D eigenvalue weighted by Crippen LogP contribution is -2.41. The Morgan fingerprint density at radius 2 is 2.00 bits per heavy atom. The second-order valence-electron chi connectivity index (χ2n) is 5.79. The van der Waals surface area contributed by atoms with Gasteiger partial charge in [-0.2, -0.15) is 0 Å². The van der Waals surface area contributed by atoms with Crippen molar-refractivity contribution in [1.82, 2.24) is 15.5 Å². The van der Waals surface area contributed by atoms with E-state index in [-0.39, 0.29) is 23.8 Å². The number of hydrogen-bond donors (Lipinski definition) is 1. The van der Waals surface area contributed by atoms with E-state index in [1.807, 2.05) is 20.8 Å². The number of ether oxygens (including phenoxy) is 1. The van der Waals surface area contributed by atoms with Gasteiger partial charge in [-0.05, 0) is 45.0 Å². The molecule has 8 heteroatoms. The van der Waals surface area contributed by atoms with E-state index in [1.165, 1.54) is 11.8 Å². The van der Waals surface area contributed by atoms with E-state index >= 15 is 0 Å². The first-order valence-electron chi connectivity index (χ1n) is 6.96. The summed E-state index contributed by atoms with van der Waals surface area (Å²) in [5, 5.41) is 11.6. The molecule has 6 nitrogen and oxygen atoms in total. The van der Waals surface area contributed by atoms with Gasteiger partial charge >= 0.3 is 0 Å². The van der Waals surface area contributed by atoms with Gasteiger partial charge in [0.15, 0.2) is 6.61 Å². The van der Waals surface area contributed by atoms with Crippen molar-refractivity contribution in [2.45, 2.75) is 38.1 Å². The predicted octanol–water partition coefficient (Wildman–Crippen LogP) is 3.31. The van der Waals surface area contributed by atoms with Crippen molar-refractivity contribution in [1.29, 1.82) is 0 Å². The highest BCUT2D eigenvalue weighted by Crippen LogP contribution is 2.19. The standard InChI is InChI=1S/C15H18ClN3O3S/c1-15(2,3)17-12(20)9-23-14-19-18-13(22-14)8-21-11-6-4-10(16)5-7-11/h4-7H,8-9H2,1-3H3,(H,17,20). The molecule has 1 heterocycles. The SMILES string of the molecule is CC(C)(C)NC(=O)CSc1nnc(COc2ccc(Cl)cc2)o1. The summed E-state index contributed by atoms with van der Waals surface area (Å²) in [6.45, 7) is 5.93. The second-order valence-corrected chi connectivity index (χ2v) is 7.15. The van der Waals surface area contributed by atoms with Crippen molar-refractivity contribution in [2.24, 2.45) is 0 Å². The largest absolute Gasteiger partial charge is 0.484 e. The van der Waals surface area contributed by atoms with Crippen molar-refractivity contribution in [3.05, 3.63) is 35.2 Å². The lowest BCUT2D eigenvalue weighted by atomic mass is 10.1. The number of benzene rings is 1. The van der Waals surface area contributed by atoms with Gasteiger partial charge in [-0.3, -0.25) is 4.79 Å². The average molecular weight is 356 g/mol. The molecule has 0 radical (unpaired) electrons. The number of carbonyl (C=O) groups is 1. The molecule has 0 spiro atoms. The zero-order valence-corrected chi connectivity index (χ0v) is 14.7. The number of nitrogens with zero attached hydrogens (tertiary/aromatic N) is 2. The molecule has 23 heavy (non-hydrogen) atoms. The Kier molecular flexibility index (Phi) is 5.90. The fourth-order valence-corrected chi connectivity index (χ4v) is 2.32. The summed E-state index contributed by atoms with van der Waals surface area (Å²) in [7, 11) is 0. The van der Waals surface area contributed by atoms with Crippen LogP contribution in [0.5, 0.6) is 5.75 Å². The Labute approximate surface area is 143 Å². The van der Waals surface area contributed by atoms with E-state index in [0.717, 1.165) is 0 Å². The molecule has 0 saturated carbocycles. The summed E-state index contributed by atoms with van der Waals surface area (Å²) in [5.41, 5.74) is -0.260. The Balaban J connectivity index is 1.79. The third-order valence-electron chi connectivity index (χ3n) is 2.47. The molecule has 1 aromatic heterocycles. The molecule has 0 saturated heterocycles. The summed E-state index contributed by atoms with van der Waals surface area (Å²) in [5.74, 6) is 1.14. The first-order chi connectivity index (χ1) is 10.8. The molecule has 1 amide bonds. The molecule has 0 bridgehead atoms. The number of rotatable bonds is 6. The van der Waals surface area contributed by atoms with Crippen molar-refractivity contribution in [3.8, 4) is 5.75 Å². The monoisotopic (exact) mass is 355 g/mol. The fourth-order valence-electron chi connectivity index (χ4n) is 1.61. The molecule has 2 aromatic rings. The van der Waals surface area contributed by atoms with Gasteiger partial charge in [-0.1, -0.05) is 23.4 Å². The van der Waals surface area contributed by atoms with Crippen LogP contribution in [0, 0.1) is 0 Å². The van der Waals surface area contributed by atoms with Crippen LogP contribution in [0.4, 0.5) is 0 Å². The zero-order valence-electron chi connectivity index (χ0n) is 13.1. The fraction of sp³-hybridized carbons (Fsp3) is 0.400. The molecular weight excluding hydrogens is 338 g/mol. The van der Waals surface area contributed by atoms with Gasteiger partial charge in [0.1, 0.15) is 5.75 Å². The molecular formula is C15H18ClN3O3S. The molecule has 0 aliphatic rings. The average Bonchev–Trinajstić information content (AvgIpc) is 2.91. The van der Waals surface area contributed by atoms with Gasteiger partial charge in [0, 0.05) is 10.6 Å². The molecule has 0 aliphatic heterocycles. The van der Waals surface area contributed by atoms with Gasteiger partial charge in [0.05, 0.1) is 5.75 Å². The van der Waals surface area contributed by atoms with Gasteiger partial charge in [-0.25, -0.2) is 0 Å². The number of thioether (sulfide) groups is 1. The number of amides is 1. The number of carbonyl (C=O) groups excluding carboxylic acids is 1. The molecule has 1 N–H and O–H groups in total. The Morgan fingerprint density at radius 3 is 2.65 bits per heavy atom. The maximum absolute atomic E-state index is 11.7. The summed E-state index contributed by atoms with van der Waals surface area (Å²) in [4.78, 5) is 11.7. The quantitative estimate of drug-likeness (QED) is 0.801. The normalized spacial score (nSPS) is 11.3. The predicted molar refractivity (Wildman–Crippen MR) is 88.7 cm³/mol. The highest BCUT2D eigenvalue weighted by molar-refractivity contribution is 7.99. The van der Waals surface area contributed by atoms with Crippen LogP contribution >= 0.6 is 23.4 Å². The minimum atomic E-state index is -0.260. The van der Waals surface area contributed by atoms with Crippen molar-refractivity contribution >= 4 is 29.3 Å². The highest BCUT2D eigenvalue weighted by atomic mass is 35.5. The van der Waals surface area contributed by atoms with E-state index in [4.69, 9.17) is 20.8 Å². The maximum Gasteiger partial charge on any atom is 0.277 e. The van der Waals surface area contributed by atoms with Gasteiger partial charge < -0.3 is 14.5 Å². The van der Waals surface area contributed by atoms with Crippen LogP contribution in [0.2, 0.25) is 5.02 Å². The van der Waals surface area contributed by atoms with E-state index < -0.39 is 0 Å². The summed E-state index contributed by atoms with van der Waals surface area (Å²) in [6.07, 6.45) is 0. The lowest BCUT2D eigenvalue weighted by Gasteiger charge is -2.19. The molecule has 0 unspecified atom stereocenters. The third-order valence-corrected chi connectivity index (χ3v) is 3.54. The van der Waals surface area contributed by atoms with E-state index in [9.17, 15) is 4.79 Å². The van der Waals surface area contributed by atoms with Crippen LogP contribution in [0.1, 0.15) is 26.7 Å². The topological polar surface area (TPSA) is 77.2 Å². The smallest absolute Gasteiger partial charge is 0.277 e. The highest BCUT2D eigenvalue weighted by Gasteiger charge is 2.15.